The van der Waals surface area contributed by atoms with E-state index in [1.807, 2.05) is 30.3 Å². The highest BCUT2D eigenvalue weighted by molar-refractivity contribution is 7.22. The predicted molar refractivity (Wildman–Crippen MR) is 112 cm³/mol. The summed E-state index contributed by atoms with van der Waals surface area (Å²) >= 11 is 0. The van der Waals surface area contributed by atoms with Crippen molar-refractivity contribution in [2.75, 3.05) is 11.8 Å². The maximum Gasteiger partial charge on any atom is 0.229 e. The van der Waals surface area contributed by atoms with Crippen molar-refractivity contribution < 1.29 is 29.2 Å². The number of ether oxygens (including phenoxy) is 3. The number of amides is 1. The lowest BCUT2D eigenvalue weighted by Gasteiger charge is -2.46. The molecule has 5 atom stereocenters. The maximum absolute atomic E-state index is 11.5. The number of rotatable bonds is 4. The lowest BCUT2D eigenvalue weighted by atomic mass is 9.89. The van der Waals surface area contributed by atoms with Crippen LogP contribution in [0.25, 0.3) is 10.8 Å². The van der Waals surface area contributed by atoms with Crippen molar-refractivity contribution in [1.29, 1.82) is 0 Å². The number of methoxy groups -OCH3 is 1. The molecule has 0 radical (unpaired) electrons. The van der Waals surface area contributed by atoms with Gasteiger partial charge in [0.2, 0.25) is 14.1 Å². The van der Waals surface area contributed by atoms with Crippen LogP contribution < -0.4 is 9.41 Å². The normalized spacial score (nSPS) is 26.8. The number of carbonyl (C=O) groups excluding carboxylic acids is 1. The minimum absolute atomic E-state index is 0.0803. The van der Waals surface area contributed by atoms with Gasteiger partial charge in [0.15, 0.2) is 5.81 Å². The zero-order chi connectivity index (χ0) is 20.6. The molecule has 1 unspecified atom stereocenters. The summed E-state index contributed by atoms with van der Waals surface area (Å²) in [5, 5.41) is 22.6. The molecule has 0 saturated carbocycles. The first-order chi connectivity index (χ1) is 13.1. The lowest BCUT2D eigenvalue weighted by molar-refractivity contribution is -0.305. The van der Waals surface area contributed by atoms with Crippen molar-refractivity contribution in [1.82, 2.24) is 0 Å². The van der Waals surface area contributed by atoms with Crippen LogP contribution in [-0.2, 0) is 9.47 Å². The summed E-state index contributed by atoms with van der Waals surface area (Å²) in [5.41, 5.74) is -0.0705. The Kier molecular flexibility index (Phi) is 5.99. The van der Waals surface area contributed by atoms with Gasteiger partial charge in [-0.25, -0.2) is 0 Å². The lowest BCUT2D eigenvalue weighted by Crippen LogP contribution is -2.63. The highest BCUT2D eigenvalue weighted by Crippen LogP contribution is 2.33. The molecule has 1 heterocycles. The molecule has 2 aromatic rings. The molecular weight excluding hydrogens is 380 g/mol. The van der Waals surface area contributed by atoms with E-state index in [9.17, 15) is 15.0 Å². The Balaban J connectivity index is 1.82. The first-order valence-corrected chi connectivity index (χ1v) is 9.48. The fourth-order valence-electron chi connectivity index (χ4n) is 3.45. The molecule has 2 N–H and O–H groups in total. The van der Waals surface area contributed by atoms with Crippen molar-refractivity contribution in [2.45, 2.75) is 44.1 Å². The summed E-state index contributed by atoms with van der Waals surface area (Å²) in [6.07, 6.45) is -4.10. The summed E-state index contributed by atoms with van der Waals surface area (Å²) in [7, 11) is 5.35. The first kappa shape index (κ1) is 21.0. The average Bonchev–Trinajstić information content (AvgIpc) is 2.64. The summed E-state index contributed by atoms with van der Waals surface area (Å²) in [5.74, 6) is 0.417. The van der Waals surface area contributed by atoms with Gasteiger partial charge in [-0.1, -0.05) is 12.1 Å². The molecule has 1 aliphatic heterocycles. The standard InChI is InChI=1S/C19H25BNO6P/c1-19(2)16(25-3)14(22)15(23)17(27-19)26-13-7-5-10-8-12(21(28)18(20)24)6-4-11(10)9-13/h4-9,14-17,22-23H,20,28H2,1-3H3/t14-,15+,16+,17+/m0/s1. The van der Waals surface area contributed by atoms with Crippen molar-refractivity contribution in [3.05, 3.63) is 36.4 Å². The highest BCUT2D eigenvalue weighted by Gasteiger charge is 2.50. The second-order valence-electron chi connectivity index (χ2n) is 7.43. The number of nitrogens with zero attached hydrogens (tertiary/aromatic N) is 1. The molecule has 2 aromatic carbocycles. The van der Waals surface area contributed by atoms with Crippen molar-refractivity contribution in [3.63, 3.8) is 0 Å². The van der Waals surface area contributed by atoms with Crippen molar-refractivity contribution in [3.8, 4) is 5.75 Å². The summed E-state index contributed by atoms with van der Waals surface area (Å²) in [6.45, 7) is 3.55. The number of fused-ring (bicyclic) bond motifs is 1. The van der Waals surface area contributed by atoms with E-state index in [0.717, 1.165) is 16.5 Å². The van der Waals surface area contributed by atoms with E-state index in [1.165, 1.54) is 19.6 Å². The third-order valence-electron chi connectivity index (χ3n) is 4.96. The molecule has 9 heteroatoms. The predicted octanol–water partition coefficient (Wildman–Crippen LogP) is 1.44. The number of hydrogen-bond acceptors (Lipinski definition) is 6. The van der Waals surface area contributed by atoms with Crippen LogP contribution in [0.5, 0.6) is 5.75 Å². The molecule has 28 heavy (non-hydrogen) atoms. The van der Waals surface area contributed by atoms with Crippen molar-refractivity contribution in [2.24, 2.45) is 0 Å². The van der Waals surface area contributed by atoms with Crippen LogP contribution >= 0.6 is 9.39 Å². The van der Waals surface area contributed by atoms with Gasteiger partial charge >= 0.3 is 0 Å². The van der Waals surface area contributed by atoms with Crippen LogP contribution in [0.2, 0.25) is 0 Å². The Labute approximate surface area is 167 Å². The average molecular weight is 405 g/mol. The van der Waals surface area contributed by atoms with Gasteiger partial charge in [0.05, 0.1) is 5.60 Å². The first-order valence-electron chi connectivity index (χ1n) is 8.96. The number of anilines is 1. The second kappa shape index (κ2) is 7.97. The second-order valence-corrected chi connectivity index (χ2v) is 7.94. The minimum Gasteiger partial charge on any atom is -0.462 e. The van der Waals surface area contributed by atoms with Gasteiger partial charge in [-0.15, -0.1) is 0 Å². The SMILES string of the molecule is BC(=O)N(P)c1ccc2cc(O[C@@H]3OC(C)(C)[C@H](OC)[C@@H](O)[C@H]3O)ccc2c1. The Bertz CT molecular complexity index is 879. The molecule has 0 aliphatic carbocycles. The van der Waals surface area contributed by atoms with Gasteiger partial charge < -0.3 is 29.1 Å². The van der Waals surface area contributed by atoms with E-state index in [0.29, 0.717) is 5.75 Å². The van der Waals surface area contributed by atoms with Crippen molar-refractivity contribution >= 4 is 39.5 Å². The molecule has 1 fully saturated rings. The van der Waals surface area contributed by atoms with Crippen LogP contribution in [0.3, 0.4) is 0 Å². The maximum atomic E-state index is 11.5. The number of aliphatic hydroxyl groups excluding tert-OH is 2. The molecule has 0 bridgehead atoms. The fourth-order valence-corrected chi connectivity index (χ4v) is 3.62. The van der Waals surface area contributed by atoms with Crippen LogP contribution in [0.1, 0.15) is 13.8 Å². The minimum atomic E-state index is -1.25. The van der Waals surface area contributed by atoms with E-state index < -0.39 is 30.2 Å². The molecule has 1 aliphatic rings. The van der Waals surface area contributed by atoms with E-state index in [-0.39, 0.29) is 5.81 Å². The van der Waals surface area contributed by atoms with Crippen LogP contribution in [0.4, 0.5) is 10.5 Å². The Morgan fingerprint density at radius 2 is 1.82 bits per heavy atom. The molecule has 150 valence electrons. The zero-order valence-electron chi connectivity index (χ0n) is 16.3. The van der Waals surface area contributed by atoms with Gasteiger partial charge in [-0.3, -0.25) is 4.79 Å². The van der Waals surface area contributed by atoms with E-state index in [4.69, 9.17) is 14.2 Å². The zero-order valence-corrected chi connectivity index (χ0v) is 17.5. The number of carbonyl (C=O) groups is 1. The third-order valence-corrected chi connectivity index (χ3v) is 5.62. The largest absolute Gasteiger partial charge is 0.462 e. The summed E-state index contributed by atoms with van der Waals surface area (Å²) in [6, 6.07) is 11.1. The molecule has 0 spiro atoms. The van der Waals surface area contributed by atoms with Gasteiger partial charge in [0.1, 0.15) is 24.1 Å². The van der Waals surface area contributed by atoms with Gasteiger partial charge in [-0.05, 0) is 58.3 Å². The summed E-state index contributed by atoms with van der Waals surface area (Å²) < 4.78 is 18.4. The molecule has 1 saturated heterocycles. The van der Waals surface area contributed by atoms with Gasteiger partial charge in [0, 0.05) is 12.8 Å². The highest BCUT2D eigenvalue weighted by atomic mass is 31.0. The Morgan fingerprint density at radius 3 is 2.46 bits per heavy atom. The number of aliphatic hydroxyl groups is 2. The Morgan fingerprint density at radius 1 is 1.18 bits per heavy atom. The monoisotopic (exact) mass is 405 g/mol. The molecule has 1 amide bonds. The van der Waals surface area contributed by atoms with Crippen LogP contribution in [0, 0.1) is 0 Å². The number of hydrogen-bond donors (Lipinski definition) is 2. The fraction of sp³-hybridized carbons (Fsp3) is 0.421. The molecule has 3 rings (SSSR count). The smallest absolute Gasteiger partial charge is 0.229 e. The molecule has 0 aromatic heterocycles. The molecule has 7 nitrogen and oxygen atoms in total. The van der Waals surface area contributed by atoms with Crippen LogP contribution in [-0.4, -0.2) is 61.2 Å². The van der Waals surface area contributed by atoms with Gasteiger partial charge in [0.25, 0.3) is 0 Å². The molecular formula is C19H25BNO6P. The van der Waals surface area contributed by atoms with Gasteiger partial charge in [-0.2, -0.15) is 0 Å². The van der Waals surface area contributed by atoms with E-state index in [1.54, 1.807) is 19.9 Å². The Hall–Kier alpha value is -1.70. The summed E-state index contributed by atoms with van der Waals surface area (Å²) in [4.78, 5) is 11.5. The quantitative estimate of drug-likeness (QED) is 0.592. The number of benzene rings is 2. The van der Waals surface area contributed by atoms with Crippen LogP contribution in [0.15, 0.2) is 36.4 Å². The van der Waals surface area contributed by atoms with E-state index >= 15 is 0 Å². The van der Waals surface area contributed by atoms with E-state index in [2.05, 4.69) is 9.39 Å². The third kappa shape index (κ3) is 4.02. The topological polar surface area (TPSA) is 88.5 Å².